The highest BCUT2D eigenvalue weighted by atomic mass is 32.1. The van der Waals surface area contributed by atoms with Crippen LogP contribution in [0.3, 0.4) is 0 Å². The van der Waals surface area contributed by atoms with Crippen LogP contribution in [-0.4, -0.2) is 28.8 Å². The molecular weight excluding hydrogens is 339 g/mol. The number of amides is 1. The minimum Gasteiger partial charge on any atom is -0.369 e. The number of nitrogens with two attached hydrogens (primary N) is 1. The monoisotopic (exact) mass is 358 g/mol. The molecule has 1 fully saturated rings. The molecule has 0 spiro atoms. The van der Waals surface area contributed by atoms with E-state index >= 15 is 0 Å². The molecule has 25 heavy (non-hydrogen) atoms. The third-order valence-corrected chi connectivity index (χ3v) is 6.30. The van der Waals surface area contributed by atoms with Gasteiger partial charge in [0.15, 0.2) is 5.96 Å². The van der Waals surface area contributed by atoms with Gasteiger partial charge in [-0.1, -0.05) is 0 Å². The van der Waals surface area contributed by atoms with Crippen molar-refractivity contribution in [2.75, 3.05) is 7.05 Å². The summed E-state index contributed by atoms with van der Waals surface area (Å²) >= 11 is 1.55. The number of pyridine rings is 1. The lowest BCUT2D eigenvalue weighted by Gasteiger charge is -2.40. The quantitative estimate of drug-likeness (QED) is 0.858. The molecule has 2 aliphatic rings. The van der Waals surface area contributed by atoms with Crippen LogP contribution >= 0.6 is 11.3 Å². The van der Waals surface area contributed by atoms with Crippen molar-refractivity contribution in [1.82, 2.24) is 9.88 Å². The Morgan fingerprint density at radius 3 is 2.76 bits per heavy atom. The second-order valence-corrected chi connectivity index (χ2v) is 7.81. The van der Waals surface area contributed by atoms with Crippen LogP contribution in [0.15, 0.2) is 34.8 Å². The van der Waals surface area contributed by atoms with Gasteiger partial charge in [0.05, 0.1) is 5.92 Å². The molecule has 0 saturated heterocycles. The topological polar surface area (TPSA) is 71.6 Å². The van der Waals surface area contributed by atoms with Gasteiger partial charge in [0.2, 0.25) is 11.9 Å². The zero-order valence-electron chi connectivity index (χ0n) is 14.1. The van der Waals surface area contributed by atoms with Crippen molar-refractivity contribution in [3.63, 3.8) is 0 Å². The molecule has 2 N–H and O–H groups in total. The molecule has 3 heterocycles. The minimum atomic E-state index is -0.661. The van der Waals surface area contributed by atoms with Gasteiger partial charge in [-0.2, -0.15) is 4.39 Å². The number of aliphatic imine (C=N–C) groups is 1. The van der Waals surface area contributed by atoms with E-state index in [1.165, 1.54) is 17.2 Å². The van der Waals surface area contributed by atoms with Gasteiger partial charge >= 0.3 is 0 Å². The average molecular weight is 358 g/mol. The van der Waals surface area contributed by atoms with Gasteiger partial charge in [0.1, 0.15) is 5.54 Å². The lowest BCUT2D eigenvalue weighted by molar-refractivity contribution is -0.134. The molecule has 4 rings (SSSR count). The number of guanidine groups is 1. The van der Waals surface area contributed by atoms with Crippen LogP contribution in [0.5, 0.6) is 0 Å². The van der Waals surface area contributed by atoms with E-state index < -0.39 is 11.5 Å². The van der Waals surface area contributed by atoms with Crippen molar-refractivity contribution in [2.24, 2.45) is 22.6 Å². The Kier molecular flexibility index (Phi) is 3.64. The fourth-order valence-electron chi connectivity index (χ4n) is 3.54. The first-order valence-electron chi connectivity index (χ1n) is 8.24. The highest BCUT2D eigenvalue weighted by molar-refractivity contribution is 7.10. The van der Waals surface area contributed by atoms with Crippen LogP contribution in [0.1, 0.15) is 24.6 Å². The molecule has 1 aliphatic heterocycles. The van der Waals surface area contributed by atoms with Gasteiger partial charge in [-0.25, -0.2) is 9.98 Å². The second kappa shape index (κ2) is 5.62. The Balaban J connectivity index is 1.76. The first-order valence-corrected chi connectivity index (χ1v) is 9.12. The van der Waals surface area contributed by atoms with Crippen molar-refractivity contribution < 1.29 is 9.18 Å². The molecule has 0 radical (unpaired) electrons. The largest absolute Gasteiger partial charge is 0.369 e. The lowest BCUT2D eigenvalue weighted by Crippen LogP contribution is -2.54. The molecule has 1 amide bonds. The first-order chi connectivity index (χ1) is 11.9. The lowest BCUT2D eigenvalue weighted by atomic mass is 9.79. The SMILES string of the molecule is CN1C(=O)[C@H](C2CC2)[C@@](C)(c2cc(-c3ccc(F)nc3)cs2)N=C1N. The molecule has 2 atom stereocenters. The van der Waals surface area contributed by atoms with Crippen molar-refractivity contribution in [3.05, 3.63) is 40.6 Å². The summed E-state index contributed by atoms with van der Waals surface area (Å²) in [5.74, 6) is -0.0468. The van der Waals surface area contributed by atoms with Crippen molar-refractivity contribution >= 4 is 23.2 Å². The van der Waals surface area contributed by atoms with Crippen LogP contribution in [-0.2, 0) is 10.3 Å². The molecule has 130 valence electrons. The zero-order chi connectivity index (χ0) is 17.8. The van der Waals surface area contributed by atoms with E-state index in [4.69, 9.17) is 10.7 Å². The maximum Gasteiger partial charge on any atom is 0.235 e. The van der Waals surface area contributed by atoms with Crippen molar-refractivity contribution in [3.8, 4) is 11.1 Å². The van der Waals surface area contributed by atoms with Crippen molar-refractivity contribution in [2.45, 2.75) is 25.3 Å². The predicted molar refractivity (Wildman–Crippen MR) is 95.5 cm³/mol. The number of carbonyl (C=O) groups excluding carboxylic acids is 1. The number of carbonyl (C=O) groups is 1. The molecule has 1 aliphatic carbocycles. The average Bonchev–Trinajstić information content (AvgIpc) is 3.27. The van der Waals surface area contributed by atoms with Gasteiger partial charge in [-0.05, 0) is 54.8 Å². The summed E-state index contributed by atoms with van der Waals surface area (Å²) in [4.78, 5) is 23.7. The second-order valence-electron chi connectivity index (χ2n) is 6.90. The van der Waals surface area contributed by atoms with Crippen LogP contribution < -0.4 is 5.73 Å². The van der Waals surface area contributed by atoms with Crippen LogP contribution in [0.25, 0.3) is 11.1 Å². The summed E-state index contributed by atoms with van der Waals surface area (Å²) in [6.07, 6.45) is 3.62. The smallest absolute Gasteiger partial charge is 0.235 e. The molecule has 2 aromatic rings. The Hall–Kier alpha value is -2.28. The highest BCUT2D eigenvalue weighted by Crippen LogP contribution is 2.51. The van der Waals surface area contributed by atoms with Gasteiger partial charge < -0.3 is 5.73 Å². The number of rotatable bonds is 3. The molecule has 0 bridgehead atoms. The van der Waals surface area contributed by atoms with Gasteiger partial charge in [0, 0.05) is 23.7 Å². The summed E-state index contributed by atoms with van der Waals surface area (Å²) in [6, 6.07) is 5.06. The number of aromatic nitrogens is 1. The molecule has 7 heteroatoms. The predicted octanol–water partition coefficient (Wildman–Crippen LogP) is 2.98. The fourth-order valence-corrected chi connectivity index (χ4v) is 4.61. The fraction of sp³-hybridized carbons (Fsp3) is 0.389. The van der Waals surface area contributed by atoms with Crippen LogP contribution in [0.2, 0.25) is 0 Å². The minimum absolute atomic E-state index is 0.0379. The standard InChI is InChI=1S/C18H19FN4OS/c1-18(15(10-3-4-10)16(24)23(2)17(20)22-18)13-7-12(9-25-13)11-5-6-14(19)21-8-11/h5-10,15H,3-4H2,1-2H3,(H2,20,22)/t15-,18+/m0/s1. The number of hydrogen-bond acceptors (Lipinski definition) is 5. The van der Waals surface area contributed by atoms with Gasteiger partial charge in [-0.15, -0.1) is 11.3 Å². The Morgan fingerprint density at radius 2 is 2.12 bits per heavy atom. The maximum absolute atomic E-state index is 13.0. The number of thiophene rings is 1. The summed E-state index contributed by atoms with van der Waals surface area (Å²) < 4.78 is 13.0. The maximum atomic E-state index is 13.0. The third kappa shape index (κ3) is 2.63. The van der Waals surface area contributed by atoms with Crippen LogP contribution in [0, 0.1) is 17.8 Å². The molecule has 2 aromatic heterocycles. The van der Waals surface area contributed by atoms with Gasteiger partial charge in [-0.3, -0.25) is 9.69 Å². The number of hydrogen-bond donors (Lipinski definition) is 1. The van der Waals surface area contributed by atoms with E-state index in [0.717, 1.165) is 28.8 Å². The highest BCUT2D eigenvalue weighted by Gasteiger charge is 2.53. The normalized spacial score (nSPS) is 26.7. The molecule has 0 unspecified atom stereocenters. The first kappa shape index (κ1) is 16.2. The Labute approximate surface area is 149 Å². The molecule has 5 nitrogen and oxygen atoms in total. The van der Waals surface area contributed by atoms with E-state index in [2.05, 4.69) is 4.98 Å². The summed E-state index contributed by atoms with van der Waals surface area (Å²) in [6.45, 7) is 1.99. The van der Waals surface area contributed by atoms with E-state index in [1.807, 2.05) is 18.4 Å². The Bertz CT molecular complexity index is 858. The summed E-state index contributed by atoms with van der Waals surface area (Å²) in [7, 11) is 1.68. The third-order valence-electron chi connectivity index (χ3n) is 5.15. The van der Waals surface area contributed by atoms with Crippen molar-refractivity contribution in [1.29, 1.82) is 0 Å². The number of nitrogens with zero attached hydrogens (tertiary/aromatic N) is 3. The van der Waals surface area contributed by atoms with Crippen LogP contribution in [0.4, 0.5) is 4.39 Å². The molecular formula is C18H19FN4OS. The molecule has 1 saturated carbocycles. The molecule has 0 aromatic carbocycles. The van der Waals surface area contributed by atoms with E-state index in [9.17, 15) is 9.18 Å². The summed E-state index contributed by atoms with van der Waals surface area (Å²) in [5.41, 5.74) is 7.13. The van der Waals surface area contributed by atoms with E-state index in [-0.39, 0.29) is 17.8 Å². The van der Waals surface area contributed by atoms with E-state index in [1.54, 1.807) is 24.5 Å². The van der Waals surface area contributed by atoms with Gasteiger partial charge in [0.25, 0.3) is 0 Å². The zero-order valence-corrected chi connectivity index (χ0v) is 14.9. The summed E-state index contributed by atoms with van der Waals surface area (Å²) in [5, 5.41) is 1.99. The van der Waals surface area contributed by atoms with E-state index in [0.29, 0.717) is 5.92 Å². The number of halogens is 1. The Morgan fingerprint density at radius 1 is 1.36 bits per heavy atom.